The van der Waals surface area contributed by atoms with Crippen LogP contribution in [0.1, 0.15) is 42.5 Å². The number of hydrogen-bond donors (Lipinski definition) is 1. The van der Waals surface area contributed by atoms with Crippen LogP contribution in [0, 0.1) is 0 Å². The zero-order chi connectivity index (χ0) is 29.8. The van der Waals surface area contributed by atoms with Crippen molar-refractivity contribution in [3.8, 4) is 5.75 Å². The van der Waals surface area contributed by atoms with Crippen LogP contribution in [0.15, 0.2) is 78.9 Å². The van der Waals surface area contributed by atoms with E-state index in [0.29, 0.717) is 28.7 Å². The molecule has 42 heavy (non-hydrogen) atoms. The van der Waals surface area contributed by atoms with Gasteiger partial charge >= 0.3 is 11.9 Å². The summed E-state index contributed by atoms with van der Waals surface area (Å²) < 4.78 is 17.1. The molecule has 0 saturated heterocycles. The Bertz CT molecular complexity index is 1650. The van der Waals surface area contributed by atoms with Crippen LogP contribution in [0.3, 0.4) is 0 Å². The van der Waals surface area contributed by atoms with Crippen LogP contribution >= 0.6 is 11.6 Å². The van der Waals surface area contributed by atoms with Gasteiger partial charge in [-0.15, -0.1) is 0 Å². The lowest BCUT2D eigenvalue weighted by Gasteiger charge is -2.22. The molecule has 2 amide bonds. The Balaban J connectivity index is 1.41. The fraction of sp³-hybridized carbons (Fsp3) is 0.161. The molecule has 1 aliphatic heterocycles. The van der Waals surface area contributed by atoms with E-state index in [1.165, 1.54) is 32.4 Å². The number of ether oxygens (including phenoxy) is 3. The van der Waals surface area contributed by atoms with Gasteiger partial charge in [-0.1, -0.05) is 29.8 Å². The van der Waals surface area contributed by atoms with Crippen LogP contribution in [0.25, 0.3) is 0 Å². The van der Waals surface area contributed by atoms with Gasteiger partial charge in [0.15, 0.2) is 6.61 Å². The van der Waals surface area contributed by atoms with Gasteiger partial charge in [0.2, 0.25) is 0 Å². The zero-order valence-electron chi connectivity index (χ0n) is 22.8. The molecule has 0 radical (unpaired) electrons. The molecule has 0 saturated carbocycles. The molecule has 0 spiro atoms. The van der Waals surface area contributed by atoms with Gasteiger partial charge < -0.3 is 29.0 Å². The molecule has 1 aliphatic rings. The fourth-order valence-corrected chi connectivity index (χ4v) is 4.83. The molecule has 1 aromatic heterocycles. The summed E-state index contributed by atoms with van der Waals surface area (Å²) >= 11 is 5.94. The molecule has 11 heteroatoms. The van der Waals surface area contributed by atoms with Crippen LogP contribution in [-0.4, -0.2) is 49.1 Å². The Kier molecular flexibility index (Phi) is 8.26. The maximum Gasteiger partial charge on any atom is 0.337 e. The number of carbonyl (C=O) groups is 4. The van der Waals surface area contributed by atoms with E-state index in [-0.39, 0.29) is 35.9 Å². The van der Waals surface area contributed by atoms with Crippen LogP contribution in [-0.2, 0) is 27.4 Å². The van der Waals surface area contributed by atoms with E-state index in [1.54, 1.807) is 41.3 Å². The minimum Gasteiger partial charge on any atom is -0.484 e. The monoisotopic (exact) mass is 587 g/mol. The molecular formula is C31H26ClN3O7. The summed E-state index contributed by atoms with van der Waals surface area (Å²) in [5.41, 5.74) is 2.98. The van der Waals surface area contributed by atoms with Gasteiger partial charge in [0.05, 0.1) is 38.4 Å². The number of para-hydroxylation sites is 1. The van der Waals surface area contributed by atoms with E-state index in [4.69, 9.17) is 25.8 Å². The molecule has 2 heterocycles. The van der Waals surface area contributed by atoms with Gasteiger partial charge in [-0.3, -0.25) is 9.59 Å². The first-order valence-corrected chi connectivity index (χ1v) is 13.2. The third-order valence-electron chi connectivity index (χ3n) is 6.74. The highest BCUT2D eigenvalue weighted by atomic mass is 35.5. The number of benzene rings is 3. The second kappa shape index (κ2) is 12.2. The largest absolute Gasteiger partial charge is 0.484 e. The van der Waals surface area contributed by atoms with Gasteiger partial charge in [0.25, 0.3) is 11.8 Å². The lowest BCUT2D eigenvalue weighted by molar-refractivity contribution is -0.120. The lowest BCUT2D eigenvalue weighted by Crippen LogP contribution is -2.34. The topological polar surface area (TPSA) is 116 Å². The summed E-state index contributed by atoms with van der Waals surface area (Å²) in [7, 11) is 2.44. The second-order valence-corrected chi connectivity index (χ2v) is 9.82. The third-order valence-corrected chi connectivity index (χ3v) is 7.00. The number of nitrogens with one attached hydrogen (secondary N) is 1. The van der Waals surface area contributed by atoms with Crippen LogP contribution in [0.4, 0.5) is 11.4 Å². The first-order chi connectivity index (χ1) is 20.3. The molecule has 0 fully saturated rings. The van der Waals surface area contributed by atoms with Crippen molar-refractivity contribution >= 4 is 46.7 Å². The number of halogens is 1. The van der Waals surface area contributed by atoms with Crippen molar-refractivity contribution in [1.82, 2.24) is 4.57 Å². The highest BCUT2D eigenvalue weighted by Crippen LogP contribution is 2.30. The van der Waals surface area contributed by atoms with Crippen molar-refractivity contribution in [2.75, 3.05) is 31.0 Å². The summed E-state index contributed by atoms with van der Waals surface area (Å²) in [5, 5.41) is 3.33. The molecule has 1 N–H and O–H groups in total. The number of carbonyl (C=O) groups excluding carboxylic acids is 4. The highest BCUT2D eigenvalue weighted by Gasteiger charge is 2.27. The maximum atomic E-state index is 13.5. The molecule has 0 atom stereocenters. The van der Waals surface area contributed by atoms with E-state index in [2.05, 4.69) is 5.32 Å². The standard InChI is InChI=1S/C31H26ClN3O7/c1-40-30(38)20-13-21(31(39)41-2)15-23(14-20)33-29(37)27-12-9-24-17-35(26-6-4-3-5-19(26)16-34(24)27)28(36)18-42-25-10-7-22(32)8-11-25/h3-15H,16-18H2,1-2H3,(H,33,37). The van der Waals surface area contributed by atoms with E-state index >= 15 is 0 Å². The summed E-state index contributed by atoms with van der Waals surface area (Å²) in [4.78, 5) is 52.9. The summed E-state index contributed by atoms with van der Waals surface area (Å²) in [6, 6.07) is 21.8. The molecular weight excluding hydrogens is 562 g/mol. The van der Waals surface area contributed by atoms with Gasteiger partial charge in [-0.2, -0.15) is 0 Å². The summed E-state index contributed by atoms with van der Waals surface area (Å²) in [6.45, 7) is 0.346. The molecule has 214 valence electrons. The van der Waals surface area contributed by atoms with Crippen LogP contribution in [0.2, 0.25) is 5.02 Å². The smallest absolute Gasteiger partial charge is 0.337 e. The van der Waals surface area contributed by atoms with Crippen molar-refractivity contribution in [3.63, 3.8) is 0 Å². The number of aromatic nitrogens is 1. The Hall–Kier alpha value is -5.09. The van der Waals surface area contributed by atoms with Crippen molar-refractivity contribution in [2.45, 2.75) is 13.1 Å². The van der Waals surface area contributed by atoms with E-state index in [0.717, 1.165) is 11.3 Å². The number of esters is 2. The maximum absolute atomic E-state index is 13.5. The van der Waals surface area contributed by atoms with Crippen LogP contribution < -0.4 is 15.0 Å². The number of fused-ring (bicyclic) bond motifs is 2. The first kappa shape index (κ1) is 28.4. The Morgan fingerprint density at radius 1 is 0.833 bits per heavy atom. The first-order valence-electron chi connectivity index (χ1n) is 12.9. The minimum absolute atomic E-state index is 0.0774. The Morgan fingerprint density at radius 2 is 1.50 bits per heavy atom. The number of nitrogens with zero attached hydrogens (tertiary/aromatic N) is 2. The summed E-state index contributed by atoms with van der Waals surface area (Å²) in [6.07, 6.45) is 0. The Morgan fingerprint density at radius 3 is 2.17 bits per heavy atom. The number of methoxy groups -OCH3 is 2. The van der Waals surface area contributed by atoms with E-state index < -0.39 is 17.8 Å². The normalized spacial score (nSPS) is 11.9. The number of amides is 2. The quantitative estimate of drug-likeness (QED) is 0.304. The van der Waals surface area contributed by atoms with E-state index in [1.807, 2.05) is 28.8 Å². The molecule has 4 aromatic rings. The summed E-state index contributed by atoms with van der Waals surface area (Å²) in [5.74, 6) is -1.55. The van der Waals surface area contributed by atoms with Gasteiger partial charge in [-0.25, -0.2) is 9.59 Å². The number of hydrogen-bond acceptors (Lipinski definition) is 7. The van der Waals surface area contributed by atoms with Crippen molar-refractivity contribution in [2.24, 2.45) is 0 Å². The number of anilines is 2. The number of rotatable bonds is 7. The lowest BCUT2D eigenvalue weighted by atomic mass is 10.1. The fourth-order valence-electron chi connectivity index (χ4n) is 4.70. The van der Waals surface area contributed by atoms with Gasteiger partial charge in [-0.05, 0) is 66.2 Å². The average Bonchev–Trinajstić information content (AvgIpc) is 3.32. The predicted molar refractivity (Wildman–Crippen MR) is 155 cm³/mol. The molecule has 0 bridgehead atoms. The average molecular weight is 588 g/mol. The highest BCUT2D eigenvalue weighted by molar-refractivity contribution is 6.30. The van der Waals surface area contributed by atoms with E-state index in [9.17, 15) is 19.2 Å². The third kappa shape index (κ3) is 5.98. The van der Waals surface area contributed by atoms with Crippen molar-refractivity contribution in [3.05, 3.63) is 112 Å². The van der Waals surface area contributed by atoms with Gasteiger partial charge in [0.1, 0.15) is 11.4 Å². The van der Waals surface area contributed by atoms with Gasteiger partial charge in [0, 0.05) is 22.1 Å². The molecule has 5 rings (SSSR count). The minimum atomic E-state index is -0.672. The molecule has 3 aromatic carbocycles. The van der Waals surface area contributed by atoms with Crippen molar-refractivity contribution < 1.29 is 33.4 Å². The van der Waals surface area contributed by atoms with Crippen LogP contribution in [0.5, 0.6) is 5.75 Å². The van der Waals surface area contributed by atoms with Crippen molar-refractivity contribution in [1.29, 1.82) is 0 Å². The second-order valence-electron chi connectivity index (χ2n) is 9.38. The zero-order valence-corrected chi connectivity index (χ0v) is 23.5. The molecule has 0 aliphatic carbocycles. The SMILES string of the molecule is COC(=O)c1cc(NC(=O)c2ccc3n2Cc2ccccc2N(C(=O)COc2ccc(Cl)cc2)C3)cc(C(=O)OC)c1. The predicted octanol–water partition coefficient (Wildman–Crippen LogP) is 4.94. The molecule has 0 unspecified atom stereocenters. The Labute approximate surface area is 246 Å². The molecule has 10 nitrogen and oxygen atoms in total.